The average molecular weight is 150 g/mol. The van der Waals surface area contributed by atoms with Gasteiger partial charge in [0, 0.05) is 6.42 Å². The van der Waals surface area contributed by atoms with Gasteiger partial charge in [-0.1, -0.05) is 6.08 Å². The lowest BCUT2D eigenvalue weighted by atomic mass is 10.2. The van der Waals surface area contributed by atoms with E-state index in [0.29, 0.717) is 12.8 Å². The third-order valence-electron chi connectivity index (χ3n) is 1.01. The Balaban J connectivity index is 3.49. The molecule has 0 aromatic heterocycles. The minimum Gasteiger partial charge on any atom is -0.206 e. The van der Waals surface area contributed by atoms with E-state index in [-0.39, 0.29) is 6.42 Å². The van der Waals surface area contributed by atoms with E-state index in [1.165, 1.54) is 0 Å². The Kier molecular flexibility index (Phi) is 4.72. The summed E-state index contributed by atoms with van der Waals surface area (Å²) in [6.07, 6.45) is 0.148. The van der Waals surface area contributed by atoms with E-state index < -0.39 is 11.9 Å². The predicted octanol–water partition coefficient (Wildman–Crippen LogP) is 3.42. The van der Waals surface area contributed by atoms with Crippen LogP contribution in [0.3, 0.4) is 0 Å². The number of hydrogen-bond donors (Lipinski definition) is 0. The zero-order valence-electron chi connectivity index (χ0n) is 5.54. The van der Waals surface area contributed by atoms with Crippen molar-refractivity contribution in [3.8, 4) is 0 Å². The van der Waals surface area contributed by atoms with Gasteiger partial charge < -0.3 is 0 Å². The van der Waals surface area contributed by atoms with Gasteiger partial charge in [-0.25, -0.2) is 4.39 Å². The van der Waals surface area contributed by atoms with Gasteiger partial charge in [0.15, 0.2) is 5.83 Å². The molecule has 0 fully saturated rings. The fraction of sp³-hybridized carbons (Fsp3) is 0.429. The van der Waals surface area contributed by atoms with Crippen molar-refractivity contribution in [1.29, 1.82) is 0 Å². The molecule has 0 aliphatic heterocycles. The molecule has 0 aliphatic rings. The van der Waals surface area contributed by atoms with Crippen molar-refractivity contribution >= 4 is 0 Å². The van der Waals surface area contributed by atoms with Crippen LogP contribution in [-0.4, -0.2) is 0 Å². The third-order valence-corrected chi connectivity index (χ3v) is 1.01. The predicted molar refractivity (Wildman–Crippen MR) is 34.4 cm³/mol. The maximum atomic E-state index is 11.9. The molecule has 10 heavy (non-hydrogen) atoms. The normalized spacial score (nSPS) is 9.10. The van der Waals surface area contributed by atoms with E-state index in [2.05, 4.69) is 6.58 Å². The lowest BCUT2D eigenvalue weighted by Gasteiger charge is -1.91. The van der Waals surface area contributed by atoms with E-state index in [0.717, 1.165) is 0 Å². The van der Waals surface area contributed by atoms with Gasteiger partial charge in [0.2, 0.25) is 0 Å². The molecule has 0 amide bonds. The van der Waals surface area contributed by atoms with Crippen LogP contribution in [0, 0.1) is 0 Å². The van der Waals surface area contributed by atoms with Gasteiger partial charge in [-0.3, -0.25) is 0 Å². The highest BCUT2D eigenvalue weighted by molar-refractivity contribution is 4.91. The van der Waals surface area contributed by atoms with Gasteiger partial charge in [-0.05, 0) is 12.8 Å². The van der Waals surface area contributed by atoms with Crippen molar-refractivity contribution in [1.82, 2.24) is 0 Å². The molecule has 0 aromatic carbocycles. The van der Waals surface area contributed by atoms with Crippen LogP contribution < -0.4 is 0 Å². The summed E-state index contributed by atoms with van der Waals surface area (Å²) in [5, 5.41) is 0. The molecule has 3 heteroatoms. The minimum atomic E-state index is -2.20. The number of hydrogen-bond acceptors (Lipinski definition) is 0. The molecule has 0 spiro atoms. The summed E-state index contributed by atoms with van der Waals surface area (Å²) in [7, 11) is 0. The zero-order chi connectivity index (χ0) is 7.98. The second-order valence-electron chi connectivity index (χ2n) is 1.85. The summed E-state index contributed by atoms with van der Waals surface area (Å²) in [6, 6.07) is 0. The highest BCUT2D eigenvalue weighted by Gasteiger charge is 2.02. The molecule has 0 saturated heterocycles. The van der Waals surface area contributed by atoms with Gasteiger partial charge in [0.1, 0.15) is 0 Å². The van der Waals surface area contributed by atoms with Crippen molar-refractivity contribution in [2.45, 2.75) is 19.3 Å². The van der Waals surface area contributed by atoms with Crippen LogP contribution in [0.15, 0.2) is 24.6 Å². The first-order chi connectivity index (χ1) is 4.68. The largest absolute Gasteiger partial charge is 0.301 e. The Morgan fingerprint density at radius 1 is 1.30 bits per heavy atom. The Morgan fingerprint density at radius 2 is 1.90 bits per heavy atom. The first kappa shape index (κ1) is 9.27. The van der Waals surface area contributed by atoms with Crippen LogP contribution in [0.2, 0.25) is 0 Å². The lowest BCUT2D eigenvalue weighted by molar-refractivity contribution is 0.368. The fourth-order valence-corrected chi connectivity index (χ4v) is 0.496. The molecule has 0 radical (unpaired) electrons. The maximum Gasteiger partial charge on any atom is 0.301 e. The van der Waals surface area contributed by atoms with Crippen molar-refractivity contribution in [3.05, 3.63) is 24.6 Å². The van der Waals surface area contributed by atoms with Gasteiger partial charge in [0.05, 0.1) is 0 Å². The van der Waals surface area contributed by atoms with Crippen LogP contribution in [0.1, 0.15) is 19.3 Å². The second-order valence-corrected chi connectivity index (χ2v) is 1.85. The minimum absolute atomic E-state index is 0.186. The molecule has 0 heterocycles. The van der Waals surface area contributed by atoms with E-state index in [9.17, 15) is 13.2 Å². The van der Waals surface area contributed by atoms with Crippen LogP contribution in [0.25, 0.3) is 0 Å². The highest BCUT2D eigenvalue weighted by atomic mass is 19.3. The van der Waals surface area contributed by atoms with Crippen molar-refractivity contribution in [3.63, 3.8) is 0 Å². The zero-order valence-corrected chi connectivity index (χ0v) is 5.54. The van der Waals surface area contributed by atoms with Crippen LogP contribution in [0.5, 0.6) is 0 Å². The third kappa shape index (κ3) is 4.18. The summed E-state index contributed by atoms with van der Waals surface area (Å²) >= 11 is 0. The summed E-state index contributed by atoms with van der Waals surface area (Å²) in [5.74, 6) is -1.30. The molecule has 58 valence electrons. The Morgan fingerprint density at radius 3 is 2.30 bits per heavy atom. The topological polar surface area (TPSA) is 0 Å². The average Bonchev–Trinajstić information content (AvgIpc) is 1.88. The molecule has 0 atom stereocenters. The molecular formula is C7H9F3. The van der Waals surface area contributed by atoms with Gasteiger partial charge in [0.25, 0.3) is 0 Å². The molecule has 0 saturated carbocycles. The maximum absolute atomic E-state index is 11.9. The molecule has 0 aliphatic carbocycles. The van der Waals surface area contributed by atoms with Gasteiger partial charge >= 0.3 is 6.08 Å². The molecule has 0 unspecified atom stereocenters. The van der Waals surface area contributed by atoms with Gasteiger partial charge in [-0.15, -0.1) is 6.58 Å². The van der Waals surface area contributed by atoms with E-state index in [1.807, 2.05) is 0 Å². The number of unbranched alkanes of at least 4 members (excludes halogenated alkanes) is 1. The molecule has 0 bridgehead atoms. The molecule has 0 aromatic rings. The Labute approximate surface area is 58.0 Å². The molecule has 0 rings (SSSR count). The monoisotopic (exact) mass is 150 g/mol. The summed E-state index contributed by atoms with van der Waals surface area (Å²) in [5.41, 5.74) is 0. The summed E-state index contributed by atoms with van der Waals surface area (Å²) < 4.78 is 34.6. The van der Waals surface area contributed by atoms with Crippen LogP contribution in [-0.2, 0) is 0 Å². The SMILES string of the molecule is C=CCCCC(F)=C(F)F. The quantitative estimate of drug-likeness (QED) is 0.425. The Bertz CT molecular complexity index is 134. The van der Waals surface area contributed by atoms with Crippen LogP contribution in [0.4, 0.5) is 13.2 Å². The van der Waals surface area contributed by atoms with Crippen molar-refractivity contribution in [2.24, 2.45) is 0 Å². The smallest absolute Gasteiger partial charge is 0.206 e. The summed E-state index contributed by atoms with van der Waals surface area (Å²) in [6.45, 7) is 3.38. The number of allylic oxidation sites excluding steroid dienone is 2. The fourth-order valence-electron chi connectivity index (χ4n) is 0.496. The second kappa shape index (κ2) is 5.09. The first-order valence-corrected chi connectivity index (χ1v) is 2.99. The molecule has 0 nitrogen and oxygen atoms in total. The summed E-state index contributed by atoms with van der Waals surface area (Å²) in [4.78, 5) is 0. The standard InChI is InChI=1S/C7H9F3/c1-2-3-4-5-6(8)7(9)10/h2H,1,3-5H2. The lowest BCUT2D eigenvalue weighted by Crippen LogP contribution is -1.76. The van der Waals surface area contributed by atoms with E-state index in [1.54, 1.807) is 6.08 Å². The number of rotatable bonds is 4. The van der Waals surface area contributed by atoms with E-state index in [4.69, 9.17) is 0 Å². The molecule has 0 N–H and O–H groups in total. The van der Waals surface area contributed by atoms with Crippen LogP contribution >= 0.6 is 0 Å². The molecular weight excluding hydrogens is 141 g/mol. The van der Waals surface area contributed by atoms with Crippen molar-refractivity contribution in [2.75, 3.05) is 0 Å². The highest BCUT2D eigenvalue weighted by Crippen LogP contribution is 2.15. The van der Waals surface area contributed by atoms with E-state index >= 15 is 0 Å². The Hall–Kier alpha value is -0.730. The van der Waals surface area contributed by atoms with Gasteiger partial charge in [-0.2, -0.15) is 8.78 Å². The number of halogens is 3. The van der Waals surface area contributed by atoms with Crippen molar-refractivity contribution < 1.29 is 13.2 Å². The first-order valence-electron chi connectivity index (χ1n) is 2.99.